The van der Waals surface area contributed by atoms with Gasteiger partial charge in [-0.05, 0) is 35.4 Å². The molecule has 0 bridgehead atoms. The molecule has 2 N–H and O–H groups in total. The van der Waals surface area contributed by atoms with Crippen molar-refractivity contribution in [1.82, 2.24) is 9.55 Å². The van der Waals surface area contributed by atoms with Crippen LogP contribution in [-0.2, 0) is 20.0 Å². The van der Waals surface area contributed by atoms with Crippen molar-refractivity contribution in [3.8, 4) is 0 Å². The second-order valence-electron chi connectivity index (χ2n) is 4.92. The maximum absolute atomic E-state index is 5.68. The Hall–Kier alpha value is -1.65. The van der Waals surface area contributed by atoms with Gasteiger partial charge in [-0.1, -0.05) is 34.1 Å². The van der Waals surface area contributed by atoms with Crippen LogP contribution in [0.15, 0.2) is 46.9 Å². The Morgan fingerprint density at radius 1 is 1.10 bits per heavy atom. The minimum absolute atomic E-state index is 0.550. The summed E-state index contributed by atoms with van der Waals surface area (Å²) in [6.07, 6.45) is 0.830. The number of benzene rings is 2. The molecule has 2 aromatic carbocycles. The molecule has 1 heterocycles. The zero-order chi connectivity index (χ0) is 14.1. The van der Waals surface area contributed by atoms with Gasteiger partial charge in [0.05, 0.1) is 11.0 Å². The Labute approximate surface area is 126 Å². The van der Waals surface area contributed by atoms with E-state index in [4.69, 9.17) is 10.7 Å². The third kappa shape index (κ3) is 2.49. The summed E-state index contributed by atoms with van der Waals surface area (Å²) in [4.78, 5) is 4.73. The van der Waals surface area contributed by atoms with E-state index in [2.05, 4.69) is 70.0 Å². The van der Waals surface area contributed by atoms with Crippen LogP contribution in [0.4, 0.5) is 0 Å². The fraction of sp³-hybridized carbons (Fsp3) is 0.188. The average Bonchev–Trinajstić information content (AvgIpc) is 2.77. The van der Waals surface area contributed by atoms with Crippen molar-refractivity contribution in [2.75, 3.05) is 0 Å². The van der Waals surface area contributed by atoms with Crippen LogP contribution in [0.2, 0.25) is 0 Å². The molecule has 3 aromatic rings. The Morgan fingerprint density at radius 3 is 2.50 bits per heavy atom. The molecule has 0 spiro atoms. The molecule has 0 aliphatic carbocycles. The van der Waals surface area contributed by atoms with Gasteiger partial charge < -0.3 is 10.3 Å². The van der Waals surface area contributed by atoms with Crippen LogP contribution < -0.4 is 5.73 Å². The van der Waals surface area contributed by atoms with Gasteiger partial charge in [-0.15, -0.1) is 0 Å². The van der Waals surface area contributed by atoms with Crippen molar-refractivity contribution in [3.63, 3.8) is 0 Å². The quantitative estimate of drug-likeness (QED) is 0.800. The van der Waals surface area contributed by atoms with Gasteiger partial charge >= 0.3 is 0 Å². The van der Waals surface area contributed by atoms with Crippen LogP contribution in [0, 0.1) is 0 Å². The fourth-order valence-corrected chi connectivity index (χ4v) is 2.63. The summed E-state index contributed by atoms with van der Waals surface area (Å²) in [7, 11) is 2.06. The summed E-state index contributed by atoms with van der Waals surface area (Å²) < 4.78 is 3.25. The van der Waals surface area contributed by atoms with Gasteiger partial charge in [0.2, 0.25) is 0 Å². The predicted molar refractivity (Wildman–Crippen MR) is 85.6 cm³/mol. The first-order valence-electron chi connectivity index (χ1n) is 6.56. The summed E-state index contributed by atoms with van der Waals surface area (Å²) >= 11 is 3.46. The molecule has 0 aliphatic heterocycles. The summed E-state index contributed by atoms with van der Waals surface area (Å²) in [5.74, 6) is 1.07. The van der Waals surface area contributed by atoms with Gasteiger partial charge in [0, 0.05) is 24.5 Å². The molecule has 0 saturated carbocycles. The lowest BCUT2D eigenvalue weighted by atomic mass is 10.1. The zero-order valence-electron chi connectivity index (χ0n) is 11.3. The highest BCUT2D eigenvalue weighted by atomic mass is 79.9. The number of hydrogen-bond donors (Lipinski definition) is 1. The van der Waals surface area contributed by atoms with E-state index in [0.717, 1.165) is 33.3 Å². The topological polar surface area (TPSA) is 43.8 Å². The van der Waals surface area contributed by atoms with Crippen LogP contribution in [0.3, 0.4) is 0 Å². The molecule has 0 unspecified atom stereocenters. The van der Waals surface area contributed by atoms with Crippen LogP contribution in [0.25, 0.3) is 11.0 Å². The minimum atomic E-state index is 0.550. The van der Waals surface area contributed by atoms with Crippen LogP contribution in [0.5, 0.6) is 0 Å². The largest absolute Gasteiger partial charge is 0.331 e. The Kier molecular flexibility index (Phi) is 3.59. The minimum Gasteiger partial charge on any atom is -0.331 e. The van der Waals surface area contributed by atoms with Crippen LogP contribution >= 0.6 is 15.9 Å². The molecule has 3 nitrogen and oxygen atoms in total. The maximum Gasteiger partial charge on any atom is 0.114 e. The molecule has 0 amide bonds. The SMILES string of the molecule is Cn1c(Cc2ccc(Br)cc2)nc2cc(CN)ccc21. The van der Waals surface area contributed by atoms with Gasteiger partial charge in [-0.25, -0.2) is 4.98 Å². The van der Waals surface area contributed by atoms with E-state index >= 15 is 0 Å². The van der Waals surface area contributed by atoms with Crippen molar-refractivity contribution in [3.05, 3.63) is 63.9 Å². The summed E-state index contributed by atoms with van der Waals surface area (Å²) in [5.41, 5.74) is 10.2. The Balaban J connectivity index is 1.99. The number of imidazole rings is 1. The second kappa shape index (κ2) is 5.38. The predicted octanol–water partition coefficient (Wildman–Crippen LogP) is 3.39. The van der Waals surface area contributed by atoms with Crippen molar-refractivity contribution in [2.24, 2.45) is 12.8 Å². The van der Waals surface area contributed by atoms with E-state index in [1.807, 2.05) is 0 Å². The van der Waals surface area contributed by atoms with E-state index in [1.165, 1.54) is 5.56 Å². The molecule has 3 rings (SSSR count). The van der Waals surface area contributed by atoms with Crippen LogP contribution in [-0.4, -0.2) is 9.55 Å². The zero-order valence-corrected chi connectivity index (χ0v) is 12.9. The number of hydrogen-bond acceptors (Lipinski definition) is 2. The fourth-order valence-electron chi connectivity index (χ4n) is 2.37. The Morgan fingerprint density at radius 2 is 1.80 bits per heavy atom. The smallest absolute Gasteiger partial charge is 0.114 e. The summed E-state index contributed by atoms with van der Waals surface area (Å²) in [6.45, 7) is 0.550. The third-order valence-electron chi connectivity index (χ3n) is 3.55. The number of aromatic nitrogens is 2. The first-order valence-corrected chi connectivity index (χ1v) is 7.35. The summed E-state index contributed by atoms with van der Waals surface area (Å²) in [6, 6.07) is 14.6. The molecule has 4 heteroatoms. The van der Waals surface area contributed by atoms with Crippen LogP contribution in [0.1, 0.15) is 17.0 Å². The van der Waals surface area contributed by atoms with Gasteiger partial charge in [-0.3, -0.25) is 0 Å². The highest BCUT2D eigenvalue weighted by molar-refractivity contribution is 9.10. The van der Waals surface area contributed by atoms with E-state index in [0.29, 0.717) is 6.54 Å². The molecule has 0 radical (unpaired) electrons. The molecule has 0 aliphatic rings. The van der Waals surface area contributed by atoms with Crippen molar-refractivity contribution >= 4 is 27.0 Å². The monoisotopic (exact) mass is 329 g/mol. The van der Waals surface area contributed by atoms with E-state index in [1.54, 1.807) is 0 Å². The molecule has 0 atom stereocenters. The second-order valence-corrected chi connectivity index (χ2v) is 5.83. The highest BCUT2D eigenvalue weighted by Gasteiger charge is 2.08. The maximum atomic E-state index is 5.68. The Bertz CT molecular complexity index is 744. The lowest BCUT2D eigenvalue weighted by Crippen LogP contribution is -1.99. The van der Waals surface area contributed by atoms with E-state index in [9.17, 15) is 0 Å². The first-order chi connectivity index (χ1) is 9.67. The third-order valence-corrected chi connectivity index (χ3v) is 4.08. The molecule has 102 valence electrons. The average molecular weight is 330 g/mol. The number of rotatable bonds is 3. The van der Waals surface area contributed by atoms with Gasteiger partial charge in [-0.2, -0.15) is 0 Å². The number of aryl methyl sites for hydroxylation is 1. The molecule has 20 heavy (non-hydrogen) atoms. The molecule has 0 saturated heterocycles. The van der Waals surface area contributed by atoms with Gasteiger partial charge in [0.15, 0.2) is 0 Å². The lowest BCUT2D eigenvalue weighted by Gasteiger charge is -2.03. The first kappa shape index (κ1) is 13.3. The van der Waals surface area contributed by atoms with E-state index < -0.39 is 0 Å². The van der Waals surface area contributed by atoms with Crippen molar-refractivity contribution in [2.45, 2.75) is 13.0 Å². The number of nitrogens with zero attached hydrogens (tertiary/aromatic N) is 2. The normalized spacial score (nSPS) is 11.2. The number of nitrogens with two attached hydrogens (primary N) is 1. The van der Waals surface area contributed by atoms with Crippen molar-refractivity contribution in [1.29, 1.82) is 0 Å². The summed E-state index contributed by atoms with van der Waals surface area (Å²) in [5, 5.41) is 0. The number of fused-ring (bicyclic) bond motifs is 1. The molecule has 1 aromatic heterocycles. The van der Waals surface area contributed by atoms with Gasteiger partial charge in [0.25, 0.3) is 0 Å². The lowest BCUT2D eigenvalue weighted by molar-refractivity contribution is 0.844. The molecular weight excluding hydrogens is 314 g/mol. The number of halogens is 1. The molecular formula is C16H16BrN3. The highest BCUT2D eigenvalue weighted by Crippen LogP contribution is 2.19. The molecule has 0 fully saturated rings. The van der Waals surface area contributed by atoms with Crippen molar-refractivity contribution < 1.29 is 0 Å². The standard InChI is InChI=1S/C16H16BrN3/c1-20-15-7-4-12(10-18)8-14(15)19-16(20)9-11-2-5-13(17)6-3-11/h2-8H,9-10,18H2,1H3. The van der Waals surface area contributed by atoms with E-state index in [-0.39, 0.29) is 0 Å². The van der Waals surface area contributed by atoms with Gasteiger partial charge in [0.1, 0.15) is 5.82 Å².